The molecular formula is C16H18N2O2. The van der Waals surface area contributed by atoms with Crippen molar-refractivity contribution in [3.05, 3.63) is 35.9 Å². The molecule has 1 saturated heterocycles. The van der Waals surface area contributed by atoms with Crippen molar-refractivity contribution in [2.24, 2.45) is 0 Å². The lowest BCUT2D eigenvalue weighted by molar-refractivity contribution is 0.0697. The van der Waals surface area contributed by atoms with Gasteiger partial charge in [-0.15, -0.1) is 0 Å². The summed E-state index contributed by atoms with van der Waals surface area (Å²) in [6, 6.07) is 9.41. The molecule has 4 heteroatoms. The molecule has 3 rings (SSSR count). The minimum absolute atomic E-state index is 0.311. The van der Waals surface area contributed by atoms with Crippen LogP contribution in [0.3, 0.4) is 0 Å². The number of carboxylic acid groups (broad SMARTS) is 1. The predicted octanol–water partition coefficient (Wildman–Crippen LogP) is 3.31. The highest BCUT2D eigenvalue weighted by atomic mass is 16.4. The molecule has 0 atom stereocenters. The van der Waals surface area contributed by atoms with Gasteiger partial charge in [0.1, 0.15) is 11.4 Å². The van der Waals surface area contributed by atoms with Crippen LogP contribution in [0.4, 0.5) is 5.82 Å². The summed E-state index contributed by atoms with van der Waals surface area (Å²) in [6.07, 6.45) is 4.64. The van der Waals surface area contributed by atoms with Gasteiger partial charge in [0.25, 0.3) is 0 Å². The van der Waals surface area contributed by atoms with Crippen LogP contribution < -0.4 is 4.90 Å². The van der Waals surface area contributed by atoms with Crippen LogP contribution >= 0.6 is 0 Å². The molecule has 104 valence electrons. The lowest BCUT2D eigenvalue weighted by Crippen LogP contribution is -2.27. The van der Waals surface area contributed by atoms with E-state index in [0.29, 0.717) is 11.4 Å². The van der Waals surface area contributed by atoms with Crippen LogP contribution in [-0.2, 0) is 0 Å². The second-order valence-corrected chi connectivity index (χ2v) is 5.26. The number of rotatable bonds is 2. The Morgan fingerprint density at radius 3 is 2.50 bits per heavy atom. The molecule has 1 aromatic heterocycles. The zero-order valence-electron chi connectivity index (χ0n) is 11.4. The molecule has 20 heavy (non-hydrogen) atoms. The maximum absolute atomic E-state index is 11.5. The summed E-state index contributed by atoms with van der Waals surface area (Å²) in [5.41, 5.74) is 1.17. The molecule has 4 nitrogen and oxygen atoms in total. The third-order valence-corrected chi connectivity index (χ3v) is 3.84. The summed E-state index contributed by atoms with van der Waals surface area (Å²) in [4.78, 5) is 18.3. The molecule has 0 bridgehead atoms. The van der Waals surface area contributed by atoms with Crippen molar-refractivity contribution in [3.63, 3.8) is 0 Å². The number of para-hydroxylation sites is 1. The minimum Gasteiger partial charge on any atom is -0.478 e. The molecule has 2 heterocycles. The zero-order valence-corrected chi connectivity index (χ0v) is 11.4. The molecule has 2 aromatic rings. The van der Waals surface area contributed by atoms with Crippen molar-refractivity contribution < 1.29 is 9.90 Å². The van der Waals surface area contributed by atoms with Crippen LogP contribution in [0.25, 0.3) is 10.9 Å². The molecule has 1 fully saturated rings. The van der Waals surface area contributed by atoms with E-state index in [1.807, 2.05) is 24.3 Å². The summed E-state index contributed by atoms with van der Waals surface area (Å²) in [5, 5.41) is 10.3. The number of fused-ring (bicyclic) bond motifs is 1. The highest BCUT2D eigenvalue weighted by Crippen LogP contribution is 2.25. The van der Waals surface area contributed by atoms with E-state index in [4.69, 9.17) is 0 Å². The van der Waals surface area contributed by atoms with E-state index in [0.717, 1.165) is 36.8 Å². The van der Waals surface area contributed by atoms with Crippen LogP contribution in [0.1, 0.15) is 36.0 Å². The average molecular weight is 270 g/mol. The first-order chi connectivity index (χ1) is 9.75. The van der Waals surface area contributed by atoms with Crippen molar-refractivity contribution in [2.75, 3.05) is 18.0 Å². The minimum atomic E-state index is -0.900. The Kier molecular flexibility index (Phi) is 3.54. The highest BCUT2D eigenvalue weighted by molar-refractivity contribution is 5.98. The number of anilines is 1. The third-order valence-electron chi connectivity index (χ3n) is 3.84. The van der Waals surface area contributed by atoms with Crippen molar-refractivity contribution in [1.29, 1.82) is 0 Å². The maximum Gasteiger partial charge on any atom is 0.339 e. The highest BCUT2D eigenvalue weighted by Gasteiger charge is 2.19. The van der Waals surface area contributed by atoms with Crippen LogP contribution in [0.5, 0.6) is 0 Å². The number of hydrogen-bond acceptors (Lipinski definition) is 3. The van der Waals surface area contributed by atoms with Crippen molar-refractivity contribution in [1.82, 2.24) is 4.98 Å². The summed E-state index contributed by atoms with van der Waals surface area (Å²) >= 11 is 0. The summed E-state index contributed by atoms with van der Waals surface area (Å²) in [6.45, 7) is 1.79. The summed E-state index contributed by atoms with van der Waals surface area (Å²) in [7, 11) is 0. The molecule has 1 N–H and O–H groups in total. The standard InChI is InChI=1S/C16H18N2O2/c19-16(20)13-11-12-7-3-4-8-14(12)17-15(13)18-9-5-1-2-6-10-18/h3-4,7-8,11H,1-2,5-6,9-10H2,(H,19,20). The van der Waals surface area contributed by atoms with Gasteiger partial charge in [-0.3, -0.25) is 0 Å². The van der Waals surface area contributed by atoms with E-state index in [9.17, 15) is 9.90 Å². The van der Waals surface area contributed by atoms with Gasteiger partial charge >= 0.3 is 5.97 Å². The van der Waals surface area contributed by atoms with Gasteiger partial charge < -0.3 is 10.0 Å². The largest absolute Gasteiger partial charge is 0.478 e. The van der Waals surface area contributed by atoms with Crippen molar-refractivity contribution in [3.8, 4) is 0 Å². The topological polar surface area (TPSA) is 53.4 Å². The maximum atomic E-state index is 11.5. The molecule has 1 aliphatic rings. The second kappa shape index (κ2) is 5.49. The molecule has 1 aliphatic heterocycles. The third kappa shape index (κ3) is 2.46. The Morgan fingerprint density at radius 1 is 1.10 bits per heavy atom. The first kappa shape index (κ1) is 12.9. The normalized spacial score (nSPS) is 16.1. The Balaban J connectivity index is 2.11. The van der Waals surface area contributed by atoms with Gasteiger partial charge in [-0.1, -0.05) is 31.0 Å². The Labute approximate surface area is 118 Å². The van der Waals surface area contributed by atoms with Gasteiger partial charge in [-0.2, -0.15) is 0 Å². The number of carbonyl (C=O) groups is 1. The van der Waals surface area contributed by atoms with Crippen LogP contribution in [0.15, 0.2) is 30.3 Å². The zero-order chi connectivity index (χ0) is 13.9. The molecule has 1 aromatic carbocycles. The smallest absolute Gasteiger partial charge is 0.339 e. The van der Waals surface area contributed by atoms with Crippen LogP contribution in [-0.4, -0.2) is 29.1 Å². The average Bonchev–Trinajstić information content (AvgIpc) is 2.74. The SMILES string of the molecule is O=C(O)c1cc2ccccc2nc1N1CCCCCC1. The van der Waals surface area contributed by atoms with Crippen LogP contribution in [0, 0.1) is 0 Å². The Morgan fingerprint density at radius 2 is 1.80 bits per heavy atom. The number of aromatic nitrogens is 1. The first-order valence-electron chi connectivity index (χ1n) is 7.14. The van der Waals surface area contributed by atoms with Gasteiger partial charge in [0.05, 0.1) is 5.52 Å². The van der Waals surface area contributed by atoms with E-state index < -0.39 is 5.97 Å². The summed E-state index contributed by atoms with van der Waals surface area (Å²) < 4.78 is 0. The van der Waals surface area contributed by atoms with E-state index in [1.165, 1.54) is 12.8 Å². The lowest BCUT2D eigenvalue weighted by atomic mass is 10.1. The molecule has 0 spiro atoms. The van der Waals surface area contributed by atoms with Gasteiger partial charge in [0, 0.05) is 18.5 Å². The van der Waals surface area contributed by atoms with Gasteiger partial charge in [0.2, 0.25) is 0 Å². The number of benzene rings is 1. The first-order valence-corrected chi connectivity index (χ1v) is 7.14. The predicted molar refractivity (Wildman–Crippen MR) is 79.4 cm³/mol. The fourth-order valence-corrected chi connectivity index (χ4v) is 2.79. The molecule has 0 radical (unpaired) electrons. The molecule has 0 amide bonds. The van der Waals surface area contributed by atoms with Crippen LogP contribution in [0.2, 0.25) is 0 Å². The number of hydrogen-bond donors (Lipinski definition) is 1. The number of aromatic carboxylic acids is 1. The van der Waals surface area contributed by atoms with Crippen molar-refractivity contribution >= 4 is 22.7 Å². The molecule has 0 saturated carbocycles. The molecule has 0 unspecified atom stereocenters. The fraction of sp³-hybridized carbons (Fsp3) is 0.375. The summed E-state index contributed by atoms with van der Waals surface area (Å²) in [5.74, 6) is -0.277. The van der Waals surface area contributed by atoms with E-state index >= 15 is 0 Å². The lowest BCUT2D eigenvalue weighted by Gasteiger charge is -2.23. The van der Waals surface area contributed by atoms with Gasteiger partial charge in [-0.25, -0.2) is 9.78 Å². The quantitative estimate of drug-likeness (QED) is 0.909. The Bertz CT molecular complexity index is 631. The molecular weight excluding hydrogens is 252 g/mol. The monoisotopic (exact) mass is 270 g/mol. The molecule has 0 aliphatic carbocycles. The second-order valence-electron chi connectivity index (χ2n) is 5.26. The number of carboxylic acids is 1. The van der Waals surface area contributed by atoms with Gasteiger partial charge in [-0.05, 0) is 25.0 Å². The number of nitrogens with zero attached hydrogens (tertiary/aromatic N) is 2. The number of pyridine rings is 1. The Hall–Kier alpha value is -2.10. The van der Waals surface area contributed by atoms with Crippen molar-refractivity contribution in [2.45, 2.75) is 25.7 Å². The van der Waals surface area contributed by atoms with E-state index in [2.05, 4.69) is 9.88 Å². The van der Waals surface area contributed by atoms with E-state index in [-0.39, 0.29) is 0 Å². The fourth-order valence-electron chi connectivity index (χ4n) is 2.79. The van der Waals surface area contributed by atoms with Gasteiger partial charge in [0.15, 0.2) is 0 Å². The van der Waals surface area contributed by atoms with E-state index in [1.54, 1.807) is 6.07 Å².